The zero-order valence-electron chi connectivity index (χ0n) is 16.6. The van der Waals surface area contributed by atoms with Crippen LogP contribution in [0, 0.1) is 0 Å². The van der Waals surface area contributed by atoms with E-state index in [-0.39, 0.29) is 12.4 Å². The summed E-state index contributed by atoms with van der Waals surface area (Å²) >= 11 is 0. The fourth-order valence-electron chi connectivity index (χ4n) is 2.72. The predicted octanol–water partition coefficient (Wildman–Crippen LogP) is 6.11. The molecule has 1 heterocycles. The van der Waals surface area contributed by atoms with Gasteiger partial charge in [-0.25, -0.2) is 4.68 Å². The lowest BCUT2D eigenvalue weighted by molar-refractivity contribution is 0.272. The summed E-state index contributed by atoms with van der Waals surface area (Å²) in [5.74, 6) is 0.859. The molecule has 3 rings (SSSR count). The van der Waals surface area contributed by atoms with Gasteiger partial charge in [-0.2, -0.15) is 5.10 Å². The molecule has 0 radical (unpaired) electrons. The van der Waals surface area contributed by atoms with Gasteiger partial charge in [-0.1, -0.05) is 87.9 Å². The Labute approximate surface area is 169 Å². The van der Waals surface area contributed by atoms with E-state index in [0.717, 1.165) is 37.4 Å². The summed E-state index contributed by atoms with van der Waals surface area (Å²) in [5, 5.41) is 4.72. The standard InChI is InChI=1S/C21H24N2O.C2H6.ClH/c1-2-9-20-16-21(24-17-19-12-7-4-8-13-19)23(22-20)15-14-18-10-5-3-6-11-18;1-2;/h3-8,10-13,16H,2,9,14-15,17H2,1H3;1-2H3;1H. The minimum atomic E-state index is 0. The van der Waals surface area contributed by atoms with Crippen LogP contribution in [0.2, 0.25) is 0 Å². The molecule has 0 saturated heterocycles. The van der Waals surface area contributed by atoms with E-state index in [4.69, 9.17) is 9.84 Å². The van der Waals surface area contributed by atoms with Crippen LogP contribution in [-0.4, -0.2) is 9.78 Å². The average Bonchev–Trinajstić information content (AvgIpc) is 3.10. The van der Waals surface area contributed by atoms with Crippen LogP contribution in [0.4, 0.5) is 0 Å². The maximum atomic E-state index is 6.04. The van der Waals surface area contributed by atoms with Gasteiger partial charge >= 0.3 is 0 Å². The van der Waals surface area contributed by atoms with Crippen LogP contribution in [0.5, 0.6) is 5.88 Å². The quantitative estimate of drug-likeness (QED) is 0.467. The Morgan fingerprint density at radius 2 is 1.44 bits per heavy atom. The highest BCUT2D eigenvalue weighted by atomic mass is 35.5. The topological polar surface area (TPSA) is 27.1 Å². The van der Waals surface area contributed by atoms with Crippen molar-refractivity contribution in [1.82, 2.24) is 9.78 Å². The Morgan fingerprint density at radius 1 is 0.852 bits per heavy atom. The third-order valence-corrected chi connectivity index (χ3v) is 3.98. The van der Waals surface area contributed by atoms with E-state index in [1.54, 1.807) is 0 Å². The fraction of sp³-hybridized carbons (Fsp3) is 0.348. The van der Waals surface area contributed by atoms with Crippen molar-refractivity contribution in [2.45, 2.75) is 53.2 Å². The van der Waals surface area contributed by atoms with Crippen LogP contribution in [0.25, 0.3) is 0 Å². The Balaban J connectivity index is 0.00000118. The van der Waals surface area contributed by atoms with Crippen molar-refractivity contribution in [3.63, 3.8) is 0 Å². The third-order valence-electron chi connectivity index (χ3n) is 3.98. The second kappa shape index (κ2) is 13.0. The molecular weight excluding hydrogens is 356 g/mol. The van der Waals surface area contributed by atoms with E-state index in [9.17, 15) is 0 Å². The summed E-state index contributed by atoms with van der Waals surface area (Å²) in [7, 11) is 0. The van der Waals surface area contributed by atoms with Gasteiger partial charge in [-0.15, -0.1) is 12.4 Å². The molecule has 146 valence electrons. The molecule has 0 amide bonds. The van der Waals surface area contributed by atoms with Crippen LogP contribution >= 0.6 is 12.4 Å². The summed E-state index contributed by atoms with van der Waals surface area (Å²) in [6, 6.07) is 22.8. The molecule has 3 nitrogen and oxygen atoms in total. The summed E-state index contributed by atoms with van der Waals surface area (Å²) in [6.45, 7) is 7.58. The second-order valence-electron chi connectivity index (χ2n) is 5.96. The molecule has 0 aliphatic carbocycles. The van der Waals surface area contributed by atoms with Crippen molar-refractivity contribution < 1.29 is 4.74 Å². The number of hydrogen-bond acceptors (Lipinski definition) is 2. The van der Waals surface area contributed by atoms with Gasteiger partial charge in [0.2, 0.25) is 5.88 Å². The molecule has 0 aliphatic rings. The lowest BCUT2D eigenvalue weighted by Gasteiger charge is -2.09. The average molecular weight is 387 g/mol. The number of rotatable bonds is 8. The lowest BCUT2D eigenvalue weighted by Crippen LogP contribution is -2.07. The number of hydrogen-bond donors (Lipinski definition) is 0. The fourth-order valence-corrected chi connectivity index (χ4v) is 2.72. The molecule has 3 aromatic rings. The summed E-state index contributed by atoms with van der Waals surface area (Å²) in [4.78, 5) is 0. The van der Waals surface area contributed by atoms with Crippen LogP contribution in [0.1, 0.15) is 44.0 Å². The minimum Gasteiger partial charge on any atom is -0.473 e. The Morgan fingerprint density at radius 3 is 2.04 bits per heavy atom. The van der Waals surface area contributed by atoms with Gasteiger partial charge in [0.05, 0.1) is 5.69 Å². The highest BCUT2D eigenvalue weighted by Crippen LogP contribution is 2.18. The lowest BCUT2D eigenvalue weighted by atomic mass is 10.1. The molecule has 4 heteroatoms. The zero-order valence-corrected chi connectivity index (χ0v) is 17.4. The normalized spacial score (nSPS) is 9.74. The van der Waals surface area contributed by atoms with E-state index in [1.807, 2.05) is 42.8 Å². The van der Waals surface area contributed by atoms with Crippen molar-refractivity contribution in [2.24, 2.45) is 0 Å². The van der Waals surface area contributed by atoms with Crippen LogP contribution in [0.15, 0.2) is 66.7 Å². The monoisotopic (exact) mass is 386 g/mol. The minimum absolute atomic E-state index is 0. The van der Waals surface area contributed by atoms with Crippen molar-refractivity contribution in [2.75, 3.05) is 0 Å². The molecule has 1 aromatic heterocycles. The van der Waals surface area contributed by atoms with E-state index in [2.05, 4.69) is 49.4 Å². The zero-order chi connectivity index (χ0) is 18.6. The van der Waals surface area contributed by atoms with Crippen LogP contribution < -0.4 is 4.74 Å². The second-order valence-corrected chi connectivity index (χ2v) is 5.96. The molecule has 0 N–H and O–H groups in total. The first-order valence-corrected chi connectivity index (χ1v) is 9.62. The Hall–Kier alpha value is -2.26. The molecule has 0 bridgehead atoms. The number of ether oxygens (including phenoxy) is 1. The van der Waals surface area contributed by atoms with Crippen molar-refractivity contribution in [3.05, 3.63) is 83.6 Å². The van der Waals surface area contributed by atoms with Gasteiger partial charge in [0.25, 0.3) is 0 Å². The highest BCUT2D eigenvalue weighted by Gasteiger charge is 2.09. The maximum Gasteiger partial charge on any atom is 0.212 e. The maximum absolute atomic E-state index is 6.04. The number of aromatic nitrogens is 2. The van der Waals surface area contributed by atoms with Gasteiger partial charge < -0.3 is 4.74 Å². The van der Waals surface area contributed by atoms with Gasteiger partial charge in [-0.05, 0) is 24.0 Å². The third kappa shape index (κ3) is 7.48. The molecule has 0 saturated carbocycles. The largest absolute Gasteiger partial charge is 0.473 e. The molecule has 0 aliphatic heterocycles. The molecule has 0 unspecified atom stereocenters. The van der Waals surface area contributed by atoms with Crippen LogP contribution in [-0.2, 0) is 26.0 Å². The summed E-state index contributed by atoms with van der Waals surface area (Å²) < 4.78 is 8.04. The number of halogens is 1. The molecule has 2 aromatic carbocycles. The van der Waals surface area contributed by atoms with Crippen LogP contribution in [0.3, 0.4) is 0 Å². The molecule has 0 atom stereocenters. The number of aryl methyl sites for hydroxylation is 3. The molecular formula is C23H31ClN2O. The summed E-state index contributed by atoms with van der Waals surface area (Å²) in [5.41, 5.74) is 3.60. The van der Waals surface area contributed by atoms with Gasteiger partial charge in [0.15, 0.2) is 0 Å². The molecule has 27 heavy (non-hydrogen) atoms. The van der Waals surface area contributed by atoms with E-state index in [0.29, 0.717) is 6.61 Å². The highest BCUT2D eigenvalue weighted by molar-refractivity contribution is 5.85. The SMILES string of the molecule is CC.CCCc1cc(OCc2ccccc2)n(CCc2ccccc2)n1.Cl. The van der Waals surface area contributed by atoms with Crippen molar-refractivity contribution in [3.8, 4) is 5.88 Å². The number of nitrogens with zero attached hydrogens (tertiary/aromatic N) is 2. The van der Waals surface area contributed by atoms with E-state index in [1.165, 1.54) is 11.1 Å². The first-order valence-electron chi connectivity index (χ1n) is 9.62. The Bertz CT molecular complexity index is 681. The van der Waals surface area contributed by atoms with Gasteiger partial charge in [0, 0.05) is 12.6 Å². The van der Waals surface area contributed by atoms with E-state index < -0.39 is 0 Å². The summed E-state index contributed by atoms with van der Waals surface area (Å²) in [6.07, 6.45) is 3.03. The Kier molecular flexibility index (Phi) is 11.0. The number of benzene rings is 2. The first kappa shape index (κ1) is 22.8. The van der Waals surface area contributed by atoms with Gasteiger partial charge in [0.1, 0.15) is 6.61 Å². The van der Waals surface area contributed by atoms with Crippen molar-refractivity contribution in [1.29, 1.82) is 0 Å². The first-order chi connectivity index (χ1) is 12.8. The predicted molar refractivity (Wildman–Crippen MR) is 116 cm³/mol. The smallest absolute Gasteiger partial charge is 0.212 e. The van der Waals surface area contributed by atoms with Crippen molar-refractivity contribution >= 4 is 12.4 Å². The van der Waals surface area contributed by atoms with Gasteiger partial charge in [-0.3, -0.25) is 0 Å². The molecule has 0 fully saturated rings. The molecule has 0 spiro atoms. The van der Waals surface area contributed by atoms with E-state index >= 15 is 0 Å².